The lowest BCUT2D eigenvalue weighted by molar-refractivity contribution is -0.116. The number of anilines is 1. The van der Waals surface area contributed by atoms with Gasteiger partial charge in [0.1, 0.15) is 18.3 Å². The average Bonchev–Trinajstić information content (AvgIpc) is 3.09. The van der Waals surface area contributed by atoms with Crippen LogP contribution in [0.5, 0.6) is 0 Å². The minimum absolute atomic E-state index is 0.137. The number of carbonyl (C=O) groups is 1. The lowest BCUT2D eigenvalue weighted by Crippen LogP contribution is -2.27. The van der Waals surface area contributed by atoms with Crippen LogP contribution in [-0.4, -0.2) is 25.2 Å². The second-order valence-corrected chi connectivity index (χ2v) is 6.80. The van der Waals surface area contributed by atoms with E-state index in [9.17, 15) is 9.59 Å². The molecular formula is C20H16ClN5O2. The molecule has 1 amide bonds. The Morgan fingerprint density at radius 1 is 1.18 bits per heavy atom. The summed E-state index contributed by atoms with van der Waals surface area (Å²) in [5.41, 5.74) is 2.55. The van der Waals surface area contributed by atoms with Crippen molar-refractivity contribution in [3.8, 4) is 5.69 Å². The molecule has 0 spiro atoms. The maximum atomic E-state index is 12.7. The van der Waals surface area contributed by atoms with Gasteiger partial charge in [-0.15, -0.1) is 0 Å². The minimum Gasteiger partial charge on any atom is -0.325 e. The highest BCUT2D eigenvalue weighted by Crippen LogP contribution is 2.16. The van der Waals surface area contributed by atoms with Gasteiger partial charge in [-0.2, -0.15) is 5.10 Å². The number of fused-ring (bicyclic) bond motifs is 1. The molecule has 8 heteroatoms. The van der Waals surface area contributed by atoms with Crippen LogP contribution in [0.1, 0.15) is 5.56 Å². The third-order valence-electron chi connectivity index (χ3n) is 4.24. The fourth-order valence-electron chi connectivity index (χ4n) is 2.91. The van der Waals surface area contributed by atoms with E-state index in [-0.39, 0.29) is 18.0 Å². The molecule has 0 unspecified atom stereocenters. The molecule has 0 saturated carbocycles. The van der Waals surface area contributed by atoms with Crippen molar-refractivity contribution < 1.29 is 4.79 Å². The molecule has 4 rings (SSSR count). The van der Waals surface area contributed by atoms with Gasteiger partial charge in [0.15, 0.2) is 5.65 Å². The van der Waals surface area contributed by atoms with Crippen LogP contribution in [-0.2, 0) is 11.3 Å². The predicted molar refractivity (Wildman–Crippen MR) is 108 cm³/mol. The van der Waals surface area contributed by atoms with Crippen LogP contribution in [0, 0.1) is 6.92 Å². The first-order chi connectivity index (χ1) is 13.5. The van der Waals surface area contributed by atoms with E-state index in [2.05, 4.69) is 15.4 Å². The van der Waals surface area contributed by atoms with E-state index in [1.807, 2.05) is 25.1 Å². The van der Waals surface area contributed by atoms with Crippen molar-refractivity contribution in [1.29, 1.82) is 0 Å². The zero-order chi connectivity index (χ0) is 19.7. The molecule has 0 atom stereocenters. The van der Waals surface area contributed by atoms with E-state index < -0.39 is 0 Å². The summed E-state index contributed by atoms with van der Waals surface area (Å²) in [5.74, 6) is -0.307. The monoisotopic (exact) mass is 393 g/mol. The standard InChI is InChI=1S/C20H16ClN5O2/c1-13-3-2-4-15(9-13)24-18(27)11-25-12-22-19-17(20(25)28)10-23-26(19)16-7-5-14(21)6-8-16/h2-10,12H,11H2,1H3,(H,24,27). The zero-order valence-corrected chi connectivity index (χ0v) is 15.7. The van der Waals surface area contributed by atoms with Crippen molar-refractivity contribution in [3.63, 3.8) is 0 Å². The minimum atomic E-state index is -0.329. The number of benzene rings is 2. The van der Waals surface area contributed by atoms with E-state index in [0.717, 1.165) is 11.3 Å². The number of nitrogens with one attached hydrogen (secondary N) is 1. The Kier molecular flexibility index (Phi) is 4.67. The first-order valence-corrected chi connectivity index (χ1v) is 8.95. The third kappa shape index (κ3) is 3.52. The van der Waals surface area contributed by atoms with Crippen molar-refractivity contribution in [1.82, 2.24) is 19.3 Å². The largest absolute Gasteiger partial charge is 0.325 e. The molecule has 0 aliphatic rings. The van der Waals surface area contributed by atoms with Gasteiger partial charge < -0.3 is 5.32 Å². The molecule has 28 heavy (non-hydrogen) atoms. The van der Waals surface area contributed by atoms with Crippen LogP contribution >= 0.6 is 11.6 Å². The average molecular weight is 394 g/mol. The second kappa shape index (κ2) is 7.28. The maximum Gasteiger partial charge on any atom is 0.264 e. The molecule has 0 bridgehead atoms. The number of carbonyl (C=O) groups excluding carboxylic acids is 1. The number of hydrogen-bond donors (Lipinski definition) is 1. The van der Waals surface area contributed by atoms with Gasteiger partial charge >= 0.3 is 0 Å². The van der Waals surface area contributed by atoms with Gasteiger partial charge in [0.25, 0.3) is 5.56 Å². The van der Waals surface area contributed by atoms with Gasteiger partial charge in [0.05, 0.1) is 11.9 Å². The number of nitrogens with zero attached hydrogens (tertiary/aromatic N) is 4. The van der Waals surface area contributed by atoms with E-state index >= 15 is 0 Å². The Balaban J connectivity index is 1.61. The number of aromatic nitrogens is 4. The Morgan fingerprint density at radius 2 is 1.96 bits per heavy atom. The van der Waals surface area contributed by atoms with Gasteiger partial charge in [0, 0.05) is 10.7 Å². The highest BCUT2D eigenvalue weighted by atomic mass is 35.5. The third-order valence-corrected chi connectivity index (χ3v) is 4.49. The van der Waals surface area contributed by atoms with Gasteiger partial charge in [-0.25, -0.2) is 9.67 Å². The Hall–Kier alpha value is -3.45. The molecule has 0 radical (unpaired) electrons. The summed E-state index contributed by atoms with van der Waals surface area (Å²) in [5, 5.41) is 7.97. The van der Waals surface area contributed by atoms with E-state index in [1.165, 1.54) is 17.1 Å². The number of halogens is 1. The molecule has 2 aromatic heterocycles. The number of hydrogen-bond acceptors (Lipinski definition) is 4. The van der Waals surface area contributed by atoms with E-state index in [0.29, 0.717) is 21.7 Å². The van der Waals surface area contributed by atoms with Gasteiger partial charge in [-0.1, -0.05) is 23.7 Å². The Labute approximate surface area is 165 Å². The van der Waals surface area contributed by atoms with Crippen LogP contribution < -0.4 is 10.9 Å². The summed E-state index contributed by atoms with van der Waals surface area (Å²) in [6, 6.07) is 14.5. The summed E-state index contributed by atoms with van der Waals surface area (Å²) in [4.78, 5) is 29.4. The number of amides is 1. The number of rotatable bonds is 4. The smallest absolute Gasteiger partial charge is 0.264 e. The summed E-state index contributed by atoms with van der Waals surface area (Å²) in [7, 11) is 0. The lowest BCUT2D eigenvalue weighted by atomic mass is 10.2. The van der Waals surface area contributed by atoms with Crippen molar-refractivity contribution in [2.75, 3.05) is 5.32 Å². The first kappa shape index (κ1) is 17.9. The molecule has 0 aliphatic heterocycles. The zero-order valence-electron chi connectivity index (χ0n) is 15.0. The van der Waals surface area contributed by atoms with Crippen LogP contribution in [0.4, 0.5) is 5.69 Å². The van der Waals surface area contributed by atoms with E-state index in [4.69, 9.17) is 11.6 Å². The van der Waals surface area contributed by atoms with Crippen LogP contribution in [0.2, 0.25) is 5.02 Å². The van der Waals surface area contributed by atoms with Crippen molar-refractivity contribution in [2.24, 2.45) is 0 Å². The molecule has 2 aromatic carbocycles. The molecule has 0 saturated heterocycles. The van der Waals surface area contributed by atoms with Crippen LogP contribution in [0.25, 0.3) is 16.7 Å². The van der Waals surface area contributed by atoms with Gasteiger partial charge in [-0.3, -0.25) is 14.2 Å². The van der Waals surface area contributed by atoms with Crippen LogP contribution in [0.15, 0.2) is 65.8 Å². The Morgan fingerprint density at radius 3 is 2.71 bits per heavy atom. The maximum absolute atomic E-state index is 12.7. The quantitative estimate of drug-likeness (QED) is 0.577. The highest BCUT2D eigenvalue weighted by molar-refractivity contribution is 6.30. The van der Waals surface area contributed by atoms with Crippen LogP contribution in [0.3, 0.4) is 0 Å². The van der Waals surface area contributed by atoms with Gasteiger partial charge in [0.2, 0.25) is 5.91 Å². The van der Waals surface area contributed by atoms with Gasteiger partial charge in [-0.05, 0) is 48.9 Å². The molecule has 4 aromatic rings. The Bertz CT molecular complexity index is 1230. The lowest BCUT2D eigenvalue weighted by Gasteiger charge is -2.08. The molecule has 2 heterocycles. The number of aryl methyl sites for hydroxylation is 1. The van der Waals surface area contributed by atoms with Crippen molar-refractivity contribution in [3.05, 3.63) is 82.0 Å². The highest BCUT2D eigenvalue weighted by Gasteiger charge is 2.13. The summed E-state index contributed by atoms with van der Waals surface area (Å²) in [6.07, 6.45) is 2.81. The van der Waals surface area contributed by atoms with E-state index in [1.54, 1.807) is 35.0 Å². The SMILES string of the molecule is Cc1cccc(NC(=O)Cn2cnc3c(cnn3-c3ccc(Cl)cc3)c2=O)c1. The topological polar surface area (TPSA) is 81.8 Å². The predicted octanol–water partition coefficient (Wildman–Crippen LogP) is 3.18. The second-order valence-electron chi connectivity index (χ2n) is 6.37. The molecule has 0 aliphatic carbocycles. The van der Waals surface area contributed by atoms with Crippen molar-refractivity contribution in [2.45, 2.75) is 13.5 Å². The molecule has 7 nitrogen and oxygen atoms in total. The molecular weight excluding hydrogens is 378 g/mol. The fraction of sp³-hybridized carbons (Fsp3) is 0.100. The van der Waals surface area contributed by atoms with Crippen molar-refractivity contribution >= 4 is 34.2 Å². The fourth-order valence-corrected chi connectivity index (χ4v) is 3.04. The molecule has 0 fully saturated rings. The first-order valence-electron chi connectivity index (χ1n) is 8.57. The molecule has 140 valence electrons. The normalized spacial score (nSPS) is 10.9. The summed E-state index contributed by atoms with van der Waals surface area (Å²) >= 11 is 5.92. The summed E-state index contributed by atoms with van der Waals surface area (Å²) < 4.78 is 2.82. The molecule has 1 N–H and O–H groups in total. The summed E-state index contributed by atoms with van der Waals surface area (Å²) in [6.45, 7) is 1.80.